The standard InChI is InChI=1S/C23H17ClF3N5O3S/c1-35-22(34)31-21-29-17-9-7-15(11-18(17)30-21)36-14-5-3-13(4-6-14)32(20(28)33)19-10-12(23(25,26)27)2-8-16(19)24/h2-11H,1H3,(H2,28,33)(H2,29,30,31,34). The molecule has 13 heteroatoms. The lowest BCUT2D eigenvalue weighted by Gasteiger charge is -2.23. The van der Waals surface area contributed by atoms with Gasteiger partial charge in [-0.15, -0.1) is 0 Å². The number of alkyl halides is 3. The molecule has 4 rings (SSSR count). The van der Waals surface area contributed by atoms with Crippen molar-refractivity contribution in [2.24, 2.45) is 5.73 Å². The van der Waals surface area contributed by atoms with Gasteiger partial charge in [-0.2, -0.15) is 13.2 Å². The van der Waals surface area contributed by atoms with E-state index < -0.39 is 23.9 Å². The van der Waals surface area contributed by atoms with E-state index in [2.05, 4.69) is 20.0 Å². The number of rotatable bonds is 5. The summed E-state index contributed by atoms with van der Waals surface area (Å²) in [4.78, 5) is 33.3. The number of ether oxygens (including phenoxy) is 1. The largest absolute Gasteiger partial charge is 0.453 e. The highest BCUT2D eigenvalue weighted by atomic mass is 35.5. The number of nitrogens with one attached hydrogen (secondary N) is 2. The third-order valence-corrected chi connectivity index (χ3v) is 6.24. The Kier molecular flexibility index (Phi) is 7.00. The van der Waals surface area contributed by atoms with Gasteiger partial charge in [-0.1, -0.05) is 23.4 Å². The van der Waals surface area contributed by atoms with Crippen LogP contribution in [0.5, 0.6) is 0 Å². The third-order valence-electron chi connectivity index (χ3n) is 4.92. The fourth-order valence-electron chi connectivity index (χ4n) is 3.30. The highest BCUT2D eigenvalue weighted by Gasteiger charge is 2.32. The Bertz CT molecular complexity index is 1440. The second kappa shape index (κ2) is 9.99. The predicted molar refractivity (Wildman–Crippen MR) is 131 cm³/mol. The van der Waals surface area contributed by atoms with Crippen LogP contribution in [0.15, 0.2) is 70.5 Å². The molecule has 4 aromatic rings. The number of aromatic amines is 1. The topological polar surface area (TPSA) is 113 Å². The number of methoxy groups -OCH3 is 1. The quantitative estimate of drug-likeness (QED) is 0.260. The van der Waals surface area contributed by atoms with E-state index >= 15 is 0 Å². The summed E-state index contributed by atoms with van der Waals surface area (Å²) in [6.07, 6.45) is -5.27. The molecule has 0 fully saturated rings. The second-order valence-electron chi connectivity index (χ2n) is 7.31. The Morgan fingerprint density at radius 1 is 1.08 bits per heavy atom. The minimum Gasteiger partial charge on any atom is -0.453 e. The zero-order chi connectivity index (χ0) is 26.0. The van der Waals surface area contributed by atoms with Crippen molar-refractivity contribution < 1.29 is 27.5 Å². The molecular weight excluding hydrogens is 519 g/mol. The number of aromatic nitrogens is 2. The number of hydrogen-bond acceptors (Lipinski definition) is 5. The number of carbonyl (C=O) groups excluding carboxylic acids is 2. The van der Waals surface area contributed by atoms with E-state index in [1.54, 1.807) is 30.3 Å². The van der Waals surface area contributed by atoms with Crippen LogP contribution in [0, 0.1) is 0 Å². The van der Waals surface area contributed by atoms with Gasteiger partial charge in [0.25, 0.3) is 0 Å². The van der Waals surface area contributed by atoms with Gasteiger partial charge in [0.05, 0.1) is 40.1 Å². The predicted octanol–water partition coefficient (Wildman–Crippen LogP) is 6.78. The van der Waals surface area contributed by atoms with Crippen LogP contribution in [0.25, 0.3) is 11.0 Å². The Hall–Kier alpha value is -3.90. The van der Waals surface area contributed by atoms with Crippen molar-refractivity contribution in [3.05, 3.63) is 71.2 Å². The number of fused-ring (bicyclic) bond motifs is 1. The molecule has 0 aliphatic carbocycles. The zero-order valence-corrected chi connectivity index (χ0v) is 20.0. The van der Waals surface area contributed by atoms with E-state index in [1.807, 2.05) is 12.1 Å². The smallest absolute Gasteiger partial charge is 0.416 e. The normalized spacial score (nSPS) is 11.4. The lowest BCUT2D eigenvalue weighted by molar-refractivity contribution is -0.137. The van der Waals surface area contributed by atoms with E-state index in [0.29, 0.717) is 11.0 Å². The van der Waals surface area contributed by atoms with Gasteiger partial charge in [0, 0.05) is 9.79 Å². The van der Waals surface area contributed by atoms with Gasteiger partial charge in [0.2, 0.25) is 5.95 Å². The average Bonchev–Trinajstić information content (AvgIpc) is 3.22. The summed E-state index contributed by atoms with van der Waals surface area (Å²) in [6.45, 7) is 0. The SMILES string of the molecule is COC(=O)Nc1nc2ccc(Sc3ccc(N(C(N)=O)c4cc(C(F)(F)F)ccc4Cl)cc3)cc2[nH]1. The number of halogens is 4. The molecule has 186 valence electrons. The van der Waals surface area contributed by atoms with Gasteiger partial charge in [0.15, 0.2) is 0 Å². The van der Waals surface area contributed by atoms with Crippen LogP contribution in [0.3, 0.4) is 0 Å². The van der Waals surface area contributed by atoms with E-state index in [1.165, 1.54) is 18.9 Å². The molecule has 36 heavy (non-hydrogen) atoms. The number of primary amides is 1. The first-order valence-corrected chi connectivity index (χ1v) is 11.3. The Morgan fingerprint density at radius 3 is 2.42 bits per heavy atom. The minimum absolute atomic E-state index is 0.0610. The fourth-order valence-corrected chi connectivity index (χ4v) is 4.36. The Morgan fingerprint density at radius 2 is 1.78 bits per heavy atom. The van der Waals surface area contributed by atoms with Crippen LogP contribution in [0.4, 0.5) is 40.1 Å². The summed E-state index contributed by atoms with van der Waals surface area (Å²) in [5.74, 6) is 0.239. The van der Waals surface area contributed by atoms with E-state index in [9.17, 15) is 22.8 Å². The first-order valence-electron chi connectivity index (χ1n) is 10.1. The summed E-state index contributed by atoms with van der Waals surface area (Å²) in [7, 11) is 1.24. The number of nitrogens with two attached hydrogens (primary N) is 1. The summed E-state index contributed by atoms with van der Waals surface area (Å²) < 4.78 is 44.1. The molecule has 0 saturated carbocycles. The molecule has 8 nitrogen and oxygen atoms in total. The van der Waals surface area contributed by atoms with Crippen molar-refractivity contribution in [1.29, 1.82) is 0 Å². The molecule has 0 bridgehead atoms. The third kappa shape index (κ3) is 5.50. The average molecular weight is 536 g/mol. The monoisotopic (exact) mass is 535 g/mol. The van der Waals surface area contributed by atoms with E-state index in [0.717, 1.165) is 32.9 Å². The highest BCUT2D eigenvalue weighted by Crippen LogP contribution is 2.39. The van der Waals surface area contributed by atoms with Crippen LogP contribution in [-0.4, -0.2) is 29.2 Å². The molecule has 0 aliphatic heterocycles. The molecule has 0 unspecified atom stereocenters. The second-order valence-corrected chi connectivity index (χ2v) is 8.87. The molecule has 0 aliphatic rings. The Balaban J connectivity index is 1.57. The Labute approximate surface area is 211 Å². The molecule has 1 aromatic heterocycles. The molecular formula is C23H17ClF3N5O3S. The van der Waals surface area contributed by atoms with Gasteiger partial charge >= 0.3 is 18.3 Å². The molecule has 3 amide bonds. The summed E-state index contributed by atoms with van der Waals surface area (Å²) >= 11 is 7.49. The molecule has 1 heterocycles. The van der Waals surface area contributed by atoms with Crippen molar-refractivity contribution in [3.8, 4) is 0 Å². The number of anilines is 3. The zero-order valence-electron chi connectivity index (χ0n) is 18.4. The maximum Gasteiger partial charge on any atom is 0.416 e. The maximum atomic E-state index is 13.2. The molecule has 0 spiro atoms. The molecule has 3 aromatic carbocycles. The number of amides is 3. The number of benzene rings is 3. The molecule has 0 radical (unpaired) electrons. The van der Waals surface area contributed by atoms with Gasteiger partial charge in [-0.25, -0.2) is 14.6 Å². The number of imidazole rings is 1. The molecule has 4 N–H and O–H groups in total. The van der Waals surface area contributed by atoms with Crippen LogP contribution in [-0.2, 0) is 10.9 Å². The van der Waals surface area contributed by atoms with Crippen molar-refractivity contribution in [2.45, 2.75) is 16.0 Å². The van der Waals surface area contributed by atoms with Crippen molar-refractivity contribution in [1.82, 2.24) is 9.97 Å². The van der Waals surface area contributed by atoms with E-state index in [4.69, 9.17) is 17.3 Å². The van der Waals surface area contributed by atoms with Crippen LogP contribution in [0.2, 0.25) is 5.02 Å². The van der Waals surface area contributed by atoms with Crippen LogP contribution >= 0.6 is 23.4 Å². The van der Waals surface area contributed by atoms with Crippen LogP contribution < -0.4 is 16.0 Å². The van der Waals surface area contributed by atoms with Gasteiger partial charge in [-0.3, -0.25) is 10.2 Å². The first kappa shape index (κ1) is 25.2. The van der Waals surface area contributed by atoms with Gasteiger partial charge < -0.3 is 15.5 Å². The number of hydrogen-bond donors (Lipinski definition) is 3. The van der Waals surface area contributed by atoms with Crippen LogP contribution in [0.1, 0.15) is 5.56 Å². The minimum atomic E-state index is -4.62. The van der Waals surface area contributed by atoms with E-state index in [-0.39, 0.29) is 22.3 Å². The van der Waals surface area contributed by atoms with Gasteiger partial charge in [0.1, 0.15) is 0 Å². The summed E-state index contributed by atoms with van der Waals surface area (Å²) in [6, 6.07) is 13.6. The molecule has 0 saturated heterocycles. The van der Waals surface area contributed by atoms with Gasteiger partial charge in [-0.05, 0) is 60.7 Å². The number of urea groups is 1. The summed E-state index contributed by atoms with van der Waals surface area (Å²) in [5, 5.41) is 2.40. The van der Waals surface area contributed by atoms with Crippen molar-refractivity contribution in [2.75, 3.05) is 17.3 Å². The fraction of sp³-hybridized carbons (Fsp3) is 0.0870. The highest BCUT2D eigenvalue weighted by molar-refractivity contribution is 7.99. The van der Waals surface area contributed by atoms with Crippen molar-refractivity contribution in [3.63, 3.8) is 0 Å². The lowest BCUT2D eigenvalue weighted by Crippen LogP contribution is -2.31. The number of nitrogens with zero attached hydrogens (tertiary/aromatic N) is 2. The number of carbonyl (C=O) groups is 2. The van der Waals surface area contributed by atoms with Crippen molar-refractivity contribution >= 4 is 63.8 Å². The lowest BCUT2D eigenvalue weighted by atomic mass is 10.1. The molecule has 0 atom stereocenters. The summed E-state index contributed by atoms with van der Waals surface area (Å²) in [5.41, 5.74) is 5.91. The maximum absolute atomic E-state index is 13.2. The first-order chi connectivity index (χ1) is 17.0. The number of H-pyrrole nitrogens is 1.